The lowest BCUT2D eigenvalue weighted by Crippen LogP contribution is -2.10. The molecule has 0 aliphatic rings. The molecule has 0 bridgehead atoms. The summed E-state index contributed by atoms with van der Waals surface area (Å²) in [5.41, 5.74) is 9.70. The second kappa shape index (κ2) is 5.72. The molecule has 0 spiro atoms. The van der Waals surface area contributed by atoms with Crippen LogP contribution in [0.5, 0.6) is 0 Å². The van der Waals surface area contributed by atoms with Crippen LogP contribution in [0.4, 0.5) is 0 Å². The van der Waals surface area contributed by atoms with Gasteiger partial charge in [0.2, 0.25) is 0 Å². The average molecular weight is 299 g/mol. The third-order valence-electron chi connectivity index (χ3n) is 3.47. The number of hydrogen-bond donors (Lipinski definition) is 1. The first-order chi connectivity index (χ1) is 10.2. The summed E-state index contributed by atoms with van der Waals surface area (Å²) in [6, 6.07) is 13.4. The van der Waals surface area contributed by atoms with Crippen LogP contribution < -0.4 is 5.73 Å². The Morgan fingerprint density at radius 1 is 1.29 bits per heavy atom. The predicted octanol–water partition coefficient (Wildman–Crippen LogP) is 4.72. The van der Waals surface area contributed by atoms with Gasteiger partial charge in [-0.15, -0.1) is 6.58 Å². The van der Waals surface area contributed by atoms with E-state index in [4.69, 9.17) is 21.9 Å². The number of halogens is 1. The van der Waals surface area contributed by atoms with E-state index < -0.39 is 0 Å². The van der Waals surface area contributed by atoms with Crippen LogP contribution in [0.3, 0.4) is 0 Å². The zero-order valence-corrected chi connectivity index (χ0v) is 12.2. The van der Waals surface area contributed by atoms with Gasteiger partial charge < -0.3 is 10.3 Å². The number of benzene rings is 2. The molecule has 1 aromatic heterocycles. The summed E-state index contributed by atoms with van der Waals surface area (Å²) in [4.78, 5) is 0. The molecule has 2 N–H and O–H groups in total. The third-order valence-corrected chi connectivity index (χ3v) is 3.71. The minimum absolute atomic E-state index is 0.113. The number of hydrogen-bond acceptors (Lipinski definition) is 3. The molecule has 0 saturated heterocycles. The van der Waals surface area contributed by atoms with E-state index in [1.54, 1.807) is 6.07 Å². The highest BCUT2D eigenvalue weighted by atomic mass is 35.5. The van der Waals surface area contributed by atoms with E-state index >= 15 is 0 Å². The fraction of sp³-hybridized carbons (Fsp3) is 0.118. The molecule has 2 aromatic carbocycles. The Bertz CT molecular complexity index is 794. The van der Waals surface area contributed by atoms with E-state index in [2.05, 4.69) is 11.7 Å². The molecule has 21 heavy (non-hydrogen) atoms. The van der Waals surface area contributed by atoms with Gasteiger partial charge >= 0.3 is 0 Å². The summed E-state index contributed by atoms with van der Waals surface area (Å²) in [5, 5.41) is 5.75. The van der Waals surface area contributed by atoms with Gasteiger partial charge in [-0.1, -0.05) is 47.1 Å². The zero-order chi connectivity index (χ0) is 14.8. The minimum Gasteiger partial charge on any atom is -0.356 e. The molecule has 106 valence electrons. The fourth-order valence-electron chi connectivity index (χ4n) is 2.45. The fourth-order valence-corrected chi connectivity index (χ4v) is 2.61. The van der Waals surface area contributed by atoms with Crippen molar-refractivity contribution in [3.8, 4) is 11.3 Å². The van der Waals surface area contributed by atoms with E-state index in [1.165, 1.54) is 0 Å². The van der Waals surface area contributed by atoms with Crippen LogP contribution in [-0.4, -0.2) is 5.16 Å². The standard InChI is InChI=1S/C17H15ClN2O/c1-2-5-15(19)12-6-3-4-7-13(12)17-14-9-8-11(18)10-16(14)21-20-17/h2-4,6-10,15H,1,5,19H2/t15-/m0/s1. The molecule has 1 atom stereocenters. The third kappa shape index (κ3) is 2.58. The van der Waals surface area contributed by atoms with Crippen LogP contribution in [0.15, 0.2) is 59.6 Å². The summed E-state index contributed by atoms with van der Waals surface area (Å²) in [6.07, 6.45) is 2.53. The number of nitrogens with two attached hydrogens (primary N) is 1. The van der Waals surface area contributed by atoms with E-state index in [-0.39, 0.29) is 6.04 Å². The number of fused-ring (bicyclic) bond motifs is 1. The lowest BCUT2D eigenvalue weighted by atomic mass is 9.95. The predicted molar refractivity (Wildman–Crippen MR) is 86.2 cm³/mol. The van der Waals surface area contributed by atoms with E-state index in [0.29, 0.717) is 17.0 Å². The van der Waals surface area contributed by atoms with Gasteiger partial charge in [0, 0.05) is 28.1 Å². The van der Waals surface area contributed by atoms with Crippen molar-refractivity contribution in [3.05, 3.63) is 65.7 Å². The summed E-state index contributed by atoms with van der Waals surface area (Å²) < 4.78 is 5.38. The lowest BCUT2D eigenvalue weighted by Gasteiger charge is -2.13. The monoisotopic (exact) mass is 298 g/mol. The molecule has 0 aliphatic carbocycles. The van der Waals surface area contributed by atoms with Gasteiger partial charge in [0.05, 0.1) is 0 Å². The number of rotatable bonds is 4. The first-order valence-corrected chi connectivity index (χ1v) is 7.09. The Balaban J connectivity index is 2.17. The van der Waals surface area contributed by atoms with Crippen LogP contribution in [0.1, 0.15) is 18.0 Å². The van der Waals surface area contributed by atoms with Gasteiger partial charge in [0.25, 0.3) is 0 Å². The molecule has 0 radical (unpaired) electrons. The van der Waals surface area contributed by atoms with E-state index in [1.807, 2.05) is 42.5 Å². The van der Waals surface area contributed by atoms with Crippen molar-refractivity contribution >= 4 is 22.6 Å². The maximum absolute atomic E-state index is 6.23. The normalized spacial score (nSPS) is 12.5. The first-order valence-electron chi connectivity index (χ1n) is 6.71. The SMILES string of the molecule is C=CC[C@H](N)c1ccccc1-c1noc2cc(Cl)ccc12. The molecule has 0 amide bonds. The van der Waals surface area contributed by atoms with Crippen molar-refractivity contribution in [2.24, 2.45) is 5.73 Å². The van der Waals surface area contributed by atoms with Gasteiger partial charge in [0.1, 0.15) is 5.69 Å². The molecule has 0 unspecified atom stereocenters. The number of aromatic nitrogens is 1. The van der Waals surface area contributed by atoms with Crippen molar-refractivity contribution in [1.82, 2.24) is 5.16 Å². The Morgan fingerprint density at radius 3 is 2.90 bits per heavy atom. The van der Waals surface area contributed by atoms with Gasteiger partial charge in [-0.05, 0) is 24.1 Å². The summed E-state index contributed by atoms with van der Waals surface area (Å²) in [5.74, 6) is 0. The molecule has 0 saturated carbocycles. The maximum Gasteiger partial charge on any atom is 0.169 e. The van der Waals surface area contributed by atoms with E-state index in [0.717, 1.165) is 22.2 Å². The topological polar surface area (TPSA) is 52.0 Å². The van der Waals surface area contributed by atoms with Gasteiger partial charge in [0.15, 0.2) is 5.58 Å². The molecular formula is C17H15ClN2O. The maximum atomic E-state index is 6.23. The van der Waals surface area contributed by atoms with Crippen molar-refractivity contribution in [2.45, 2.75) is 12.5 Å². The molecule has 1 heterocycles. The molecular weight excluding hydrogens is 284 g/mol. The molecule has 0 fully saturated rings. The summed E-state index contributed by atoms with van der Waals surface area (Å²) >= 11 is 5.98. The van der Waals surface area contributed by atoms with Crippen molar-refractivity contribution in [3.63, 3.8) is 0 Å². The zero-order valence-electron chi connectivity index (χ0n) is 11.4. The highest BCUT2D eigenvalue weighted by molar-refractivity contribution is 6.31. The van der Waals surface area contributed by atoms with Gasteiger partial charge in [-0.25, -0.2) is 0 Å². The second-order valence-electron chi connectivity index (χ2n) is 4.89. The molecule has 3 nitrogen and oxygen atoms in total. The van der Waals surface area contributed by atoms with Gasteiger partial charge in [-0.2, -0.15) is 0 Å². The van der Waals surface area contributed by atoms with Crippen LogP contribution >= 0.6 is 11.6 Å². The quantitative estimate of drug-likeness (QED) is 0.709. The largest absolute Gasteiger partial charge is 0.356 e. The highest BCUT2D eigenvalue weighted by Gasteiger charge is 2.16. The molecule has 3 aromatic rings. The number of nitrogens with zero attached hydrogens (tertiary/aromatic N) is 1. The Hall–Kier alpha value is -2.10. The Morgan fingerprint density at radius 2 is 2.10 bits per heavy atom. The van der Waals surface area contributed by atoms with Crippen LogP contribution in [-0.2, 0) is 0 Å². The Labute approximate surface area is 128 Å². The summed E-state index contributed by atoms with van der Waals surface area (Å²) in [6.45, 7) is 3.75. The van der Waals surface area contributed by atoms with Crippen molar-refractivity contribution < 1.29 is 4.52 Å². The van der Waals surface area contributed by atoms with Gasteiger partial charge in [-0.3, -0.25) is 0 Å². The average Bonchev–Trinajstić information content (AvgIpc) is 2.90. The van der Waals surface area contributed by atoms with E-state index in [9.17, 15) is 0 Å². The minimum atomic E-state index is -0.113. The molecule has 4 heteroatoms. The molecule has 3 rings (SSSR count). The lowest BCUT2D eigenvalue weighted by molar-refractivity contribution is 0.459. The first kappa shape index (κ1) is 13.9. The van der Waals surface area contributed by atoms with Crippen LogP contribution in [0.2, 0.25) is 5.02 Å². The van der Waals surface area contributed by atoms with Crippen LogP contribution in [0, 0.1) is 0 Å². The smallest absolute Gasteiger partial charge is 0.169 e. The van der Waals surface area contributed by atoms with Crippen molar-refractivity contribution in [2.75, 3.05) is 0 Å². The van der Waals surface area contributed by atoms with Crippen LogP contribution in [0.25, 0.3) is 22.2 Å². The Kier molecular flexibility index (Phi) is 3.78. The summed E-state index contributed by atoms with van der Waals surface area (Å²) in [7, 11) is 0. The highest BCUT2D eigenvalue weighted by Crippen LogP contribution is 2.34. The second-order valence-corrected chi connectivity index (χ2v) is 5.33. The molecule has 0 aliphatic heterocycles. The van der Waals surface area contributed by atoms with Crippen molar-refractivity contribution in [1.29, 1.82) is 0 Å².